The van der Waals surface area contributed by atoms with Crippen LogP contribution in [0.25, 0.3) is 11.1 Å². The van der Waals surface area contributed by atoms with Gasteiger partial charge in [-0.25, -0.2) is 9.97 Å². The molecule has 1 aromatic carbocycles. The van der Waals surface area contributed by atoms with Crippen LogP contribution in [0.1, 0.15) is 17.1 Å². The third kappa shape index (κ3) is 2.85. The molecule has 0 saturated heterocycles. The molecule has 0 bridgehead atoms. The number of hydrogen-bond donors (Lipinski definition) is 1. The first-order valence-corrected chi connectivity index (χ1v) is 7.54. The van der Waals surface area contributed by atoms with Crippen molar-refractivity contribution in [2.75, 3.05) is 5.32 Å². The van der Waals surface area contributed by atoms with Gasteiger partial charge in [-0.2, -0.15) is 0 Å². The van der Waals surface area contributed by atoms with Crippen LogP contribution in [-0.4, -0.2) is 15.9 Å². The largest absolute Gasteiger partial charge is 0.469 e. The molecule has 0 aliphatic carbocycles. The van der Waals surface area contributed by atoms with Crippen molar-refractivity contribution in [2.24, 2.45) is 0 Å². The summed E-state index contributed by atoms with van der Waals surface area (Å²) in [5.41, 5.74) is 3.90. The standard InChI is InChI=1S/C18H15N3O2/c22-18-9-13-8-12(3-5-16(13)21-18)14-10-19-17(20-11-14)6-4-15-2-1-7-23-15/h1-3,5,7-8,10-11H,4,6,9H2,(H,21,22). The van der Waals surface area contributed by atoms with E-state index in [1.165, 1.54) is 0 Å². The molecule has 0 saturated carbocycles. The lowest BCUT2D eigenvalue weighted by Crippen LogP contribution is -2.03. The lowest BCUT2D eigenvalue weighted by atomic mass is 10.0. The predicted molar refractivity (Wildman–Crippen MR) is 85.9 cm³/mol. The topological polar surface area (TPSA) is 68.0 Å². The maximum Gasteiger partial charge on any atom is 0.228 e. The summed E-state index contributed by atoms with van der Waals surface area (Å²) in [6, 6.07) is 9.77. The first-order chi connectivity index (χ1) is 11.3. The quantitative estimate of drug-likeness (QED) is 0.804. The van der Waals surface area contributed by atoms with Gasteiger partial charge in [-0.05, 0) is 35.4 Å². The third-order valence-corrected chi connectivity index (χ3v) is 3.94. The highest BCUT2D eigenvalue weighted by Crippen LogP contribution is 2.28. The number of fused-ring (bicyclic) bond motifs is 1. The SMILES string of the molecule is O=C1Cc2cc(-c3cnc(CCc4ccco4)nc3)ccc2N1. The molecule has 5 nitrogen and oxygen atoms in total. The number of nitrogens with one attached hydrogen (secondary N) is 1. The molecule has 3 heterocycles. The van der Waals surface area contributed by atoms with E-state index in [9.17, 15) is 4.79 Å². The zero-order valence-electron chi connectivity index (χ0n) is 12.5. The van der Waals surface area contributed by atoms with Crippen LogP contribution in [-0.2, 0) is 24.1 Å². The van der Waals surface area contributed by atoms with Gasteiger partial charge >= 0.3 is 0 Å². The van der Waals surface area contributed by atoms with E-state index in [-0.39, 0.29) is 5.91 Å². The van der Waals surface area contributed by atoms with Crippen molar-refractivity contribution in [3.05, 3.63) is 66.1 Å². The molecule has 23 heavy (non-hydrogen) atoms. The van der Waals surface area contributed by atoms with Gasteiger partial charge < -0.3 is 9.73 Å². The fourth-order valence-corrected chi connectivity index (χ4v) is 2.73. The van der Waals surface area contributed by atoms with Crippen molar-refractivity contribution in [2.45, 2.75) is 19.3 Å². The highest BCUT2D eigenvalue weighted by molar-refractivity contribution is 5.99. The summed E-state index contributed by atoms with van der Waals surface area (Å²) in [7, 11) is 0. The van der Waals surface area contributed by atoms with Crippen molar-refractivity contribution in [1.82, 2.24) is 9.97 Å². The van der Waals surface area contributed by atoms with Gasteiger partial charge in [0.15, 0.2) is 0 Å². The Bertz CT molecular complexity index is 839. The zero-order valence-corrected chi connectivity index (χ0v) is 12.5. The fourth-order valence-electron chi connectivity index (χ4n) is 2.73. The highest BCUT2D eigenvalue weighted by Gasteiger charge is 2.17. The van der Waals surface area contributed by atoms with Gasteiger partial charge in [0, 0.05) is 36.5 Å². The van der Waals surface area contributed by atoms with E-state index in [1.807, 2.05) is 42.7 Å². The van der Waals surface area contributed by atoms with E-state index >= 15 is 0 Å². The Balaban J connectivity index is 1.50. The lowest BCUT2D eigenvalue weighted by Gasteiger charge is -2.05. The number of aromatic nitrogens is 2. The van der Waals surface area contributed by atoms with E-state index < -0.39 is 0 Å². The maximum atomic E-state index is 11.4. The third-order valence-electron chi connectivity index (χ3n) is 3.94. The van der Waals surface area contributed by atoms with Crippen molar-refractivity contribution in [1.29, 1.82) is 0 Å². The number of aryl methyl sites for hydroxylation is 2. The van der Waals surface area contributed by atoms with E-state index in [1.54, 1.807) is 6.26 Å². The average Bonchev–Trinajstić information content (AvgIpc) is 3.21. The number of carbonyl (C=O) groups excluding carboxylic acids is 1. The second-order valence-corrected chi connectivity index (χ2v) is 5.56. The van der Waals surface area contributed by atoms with Gasteiger partial charge in [0.1, 0.15) is 11.6 Å². The number of nitrogens with zero attached hydrogens (tertiary/aromatic N) is 2. The molecule has 0 atom stereocenters. The minimum Gasteiger partial charge on any atom is -0.469 e. The van der Waals surface area contributed by atoms with E-state index in [0.29, 0.717) is 6.42 Å². The predicted octanol–water partition coefficient (Wildman–Crippen LogP) is 3.02. The lowest BCUT2D eigenvalue weighted by molar-refractivity contribution is -0.115. The van der Waals surface area contributed by atoms with Crippen LogP contribution in [0.3, 0.4) is 0 Å². The Morgan fingerprint density at radius 3 is 2.74 bits per heavy atom. The van der Waals surface area contributed by atoms with Crippen molar-refractivity contribution in [3.8, 4) is 11.1 Å². The summed E-state index contributed by atoms with van der Waals surface area (Å²) >= 11 is 0. The zero-order chi connectivity index (χ0) is 15.6. The van der Waals surface area contributed by atoms with Crippen LogP contribution in [0, 0.1) is 0 Å². The number of amides is 1. The van der Waals surface area contributed by atoms with E-state index in [0.717, 1.165) is 46.8 Å². The number of rotatable bonds is 4. The average molecular weight is 305 g/mol. The summed E-state index contributed by atoms with van der Waals surface area (Å²) < 4.78 is 5.31. The van der Waals surface area contributed by atoms with Gasteiger partial charge in [-0.15, -0.1) is 0 Å². The summed E-state index contributed by atoms with van der Waals surface area (Å²) in [4.78, 5) is 20.3. The van der Waals surface area contributed by atoms with Crippen LogP contribution in [0.4, 0.5) is 5.69 Å². The molecule has 0 spiro atoms. The highest BCUT2D eigenvalue weighted by atomic mass is 16.3. The number of hydrogen-bond acceptors (Lipinski definition) is 4. The molecule has 3 aromatic rings. The first-order valence-electron chi connectivity index (χ1n) is 7.54. The Morgan fingerprint density at radius 2 is 1.96 bits per heavy atom. The molecule has 1 amide bonds. The molecular weight excluding hydrogens is 290 g/mol. The normalized spacial score (nSPS) is 13.0. The number of carbonyl (C=O) groups is 1. The molecule has 0 unspecified atom stereocenters. The molecule has 1 aliphatic heterocycles. The van der Waals surface area contributed by atoms with Crippen LogP contribution in [0.15, 0.2) is 53.4 Å². The van der Waals surface area contributed by atoms with Gasteiger partial charge in [-0.3, -0.25) is 4.79 Å². The second kappa shape index (κ2) is 5.68. The van der Waals surface area contributed by atoms with Gasteiger partial charge in [0.2, 0.25) is 5.91 Å². The van der Waals surface area contributed by atoms with Crippen LogP contribution >= 0.6 is 0 Å². The van der Waals surface area contributed by atoms with Crippen molar-refractivity contribution < 1.29 is 9.21 Å². The van der Waals surface area contributed by atoms with Gasteiger partial charge in [-0.1, -0.05) is 6.07 Å². The Kier molecular flexibility index (Phi) is 3.38. The molecule has 1 aliphatic rings. The van der Waals surface area contributed by atoms with E-state index in [2.05, 4.69) is 15.3 Å². The summed E-state index contributed by atoms with van der Waals surface area (Å²) in [6.07, 6.45) is 7.31. The number of anilines is 1. The molecule has 114 valence electrons. The van der Waals surface area contributed by atoms with Crippen LogP contribution < -0.4 is 5.32 Å². The Labute approximate surface area is 133 Å². The molecule has 4 rings (SSSR count). The van der Waals surface area contributed by atoms with Crippen LogP contribution in [0.5, 0.6) is 0 Å². The van der Waals surface area contributed by atoms with Crippen molar-refractivity contribution in [3.63, 3.8) is 0 Å². The minimum absolute atomic E-state index is 0.0432. The first kappa shape index (κ1) is 13.7. The molecule has 2 aromatic heterocycles. The molecule has 5 heteroatoms. The molecule has 0 radical (unpaired) electrons. The van der Waals surface area contributed by atoms with E-state index in [4.69, 9.17) is 4.42 Å². The summed E-state index contributed by atoms with van der Waals surface area (Å²) in [6.45, 7) is 0. The van der Waals surface area contributed by atoms with Gasteiger partial charge in [0.25, 0.3) is 0 Å². The Hall–Kier alpha value is -2.95. The summed E-state index contributed by atoms with van der Waals surface area (Å²) in [5.74, 6) is 1.78. The fraction of sp³-hybridized carbons (Fsp3) is 0.167. The van der Waals surface area contributed by atoms with Gasteiger partial charge in [0.05, 0.1) is 12.7 Å². The van der Waals surface area contributed by atoms with Crippen molar-refractivity contribution >= 4 is 11.6 Å². The van der Waals surface area contributed by atoms with Crippen LogP contribution in [0.2, 0.25) is 0 Å². The number of benzene rings is 1. The Morgan fingerprint density at radius 1 is 1.09 bits per heavy atom. The molecular formula is C18H15N3O2. The smallest absolute Gasteiger partial charge is 0.228 e. The molecule has 0 fully saturated rings. The minimum atomic E-state index is 0.0432. The number of furan rings is 1. The monoisotopic (exact) mass is 305 g/mol. The summed E-state index contributed by atoms with van der Waals surface area (Å²) in [5, 5.41) is 2.84. The second-order valence-electron chi connectivity index (χ2n) is 5.56. The molecule has 1 N–H and O–H groups in total. The maximum absolute atomic E-state index is 11.4.